The first-order valence-electron chi connectivity index (χ1n) is 7.92. The van der Waals surface area contributed by atoms with E-state index in [2.05, 4.69) is 15.2 Å². The molecular formula is C17H15N5O4S. The van der Waals surface area contributed by atoms with E-state index < -0.39 is 10.9 Å². The van der Waals surface area contributed by atoms with Crippen LogP contribution in [0.2, 0.25) is 0 Å². The lowest BCUT2D eigenvalue weighted by molar-refractivity contribution is -0.384. The Kier molecular flexibility index (Phi) is 5.36. The molecule has 0 bridgehead atoms. The SMILES string of the molecule is CN(CCC(=O)O)c1ccc(N=Nc2nc3ccc([N+](=O)[O-])cc3s2)cc1. The van der Waals surface area contributed by atoms with Gasteiger partial charge in [0.05, 0.1) is 27.2 Å². The quantitative estimate of drug-likeness (QED) is 0.362. The number of nitro groups is 1. The highest BCUT2D eigenvalue weighted by atomic mass is 32.1. The molecule has 9 nitrogen and oxygen atoms in total. The summed E-state index contributed by atoms with van der Waals surface area (Å²) in [6, 6.07) is 11.7. The summed E-state index contributed by atoms with van der Waals surface area (Å²) in [7, 11) is 1.82. The van der Waals surface area contributed by atoms with Crippen molar-refractivity contribution < 1.29 is 14.8 Å². The van der Waals surface area contributed by atoms with E-state index in [0.717, 1.165) is 5.69 Å². The fraction of sp³-hybridized carbons (Fsp3) is 0.176. The summed E-state index contributed by atoms with van der Waals surface area (Å²) in [5, 5.41) is 28.2. The largest absolute Gasteiger partial charge is 0.481 e. The Morgan fingerprint density at radius 3 is 2.67 bits per heavy atom. The summed E-state index contributed by atoms with van der Waals surface area (Å²) < 4.78 is 0.675. The van der Waals surface area contributed by atoms with E-state index in [1.54, 1.807) is 18.2 Å². The number of carboxylic acid groups (broad SMARTS) is 1. The topological polar surface area (TPSA) is 121 Å². The van der Waals surface area contributed by atoms with Crippen molar-refractivity contribution in [3.8, 4) is 0 Å². The molecule has 1 heterocycles. The number of aromatic nitrogens is 1. The number of benzene rings is 2. The smallest absolute Gasteiger partial charge is 0.305 e. The summed E-state index contributed by atoms with van der Waals surface area (Å²) in [5.74, 6) is -0.839. The monoisotopic (exact) mass is 385 g/mol. The average molecular weight is 385 g/mol. The fourth-order valence-corrected chi connectivity index (χ4v) is 3.14. The molecule has 1 aromatic heterocycles. The van der Waals surface area contributed by atoms with Crippen molar-refractivity contribution in [3.05, 3.63) is 52.6 Å². The zero-order valence-electron chi connectivity index (χ0n) is 14.3. The van der Waals surface area contributed by atoms with Crippen molar-refractivity contribution in [2.45, 2.75) is 6.42 Å². The molecule has 0 saturated carbocycles. The van der Waals surface area contributed by atoms with Crippen LogP contribution in [0.4, 0.5) is 22.2 Å². The minimum atomic E-state index is -0.839. The molecule has 0 amide bonds. The fourth-order valence-electron chi connectivity index (χ4n) is 2.32. The Hall–Kier alpha value is -3.40. The van der Waals surface area contributed by atoms with Crippen LogP contribution in [-0.4, -0.2) is 34.6 Å². The van der Waals surface area contributed by atoms with E-state index in [1.807, 2.05) is 24.1 Å². The number of hydrogen-bond donors (Lipinski definition) is 1. The van der Waals surface area contributed by atoms with Gasteiger partial charge < -0.3 is 10.0 Å². The van der Waals surface area contributed by atoms with Gasteiger partial charge in [-0.2, -0.15) is 0 Å². The standard InChI is InChI=1S/C17H15N5O4S/c1-21(9-8-16(23)24)12-4-2-11(3-5-12)19-20-17-18-14-7-6-13(22(25)26)10-15(14)27-17/h2-7,10H,8-9H2,1H3,(H,23,24). The number of aliphatic carboxylic acids is 1. The molecule has 27 heavy (non-hydrogen) atoms. The second kappa shape index (κ2) is 7.87. The first kappa shape index (κ1) is 18.4. The zero-order valence-corrected chi connectivity index (χ0v) is 15.1. The van der Waals surface area contributed by atoms with Crippen LogP contribution >= 0.6 is 11.3 Å². The number of carbonyl (C=O) groups is 1. The second-order valence-electron chi connectivity index (χ2n) is 5.69. The molecule has 0 spiro atoms. The van der Waals surface area contributed by atoms with Crippen molar-refractivity contribution in [2.24, 2.45) is 10.2 Å². The molecule has 3 rings (SSSR count). The van der Waals surface area contributed by atoms with Crippen LogP contribution < -0.4 is 4.90 Å². The minimum absolute atomic E-state index is 0.0113. The maximum Gasteiger partial charge on any atom is 0.305 e. The predicted molar refractivity (Wildman–Crippen MR) is 102 cm³/mol. The number of nitro benzene ring substituents is 1. The number of non-ortho nitro benzene ring substituents is 1. The molecule has 3 aromatic rings. The van der Waals surface area contributed by atoms with Gasteiger partial charge in [-0.25, -0.2) is 4.98 Å². The van der Waals surface area contributed by atoms with E-state index in [4.69, 9.17) is 5.11 Å². The van der Waals surface area contributed by atoms with Gasteiger partial charge in [0.2, 0.25) is 5.13 Å². The lowest BCUT2D eigenvalue weighted by Crippen LogP contribution is -2.20. The van der Waals surface area contributed by atoms with Crippen molar-refractivity contribution >= 4 is 49.7 Å². The van der Waals surface area contributed by atoms with E-state index in [9.17, 15) is 14.9 Å². The number of thiazole rings is 1. The van der Waals surface area contributed by atoms with Crippen LogP contribution in [0.3, 0.4) is 0 Å². The normalized spacial score (nSPS) is 11.1. The zero-order chi connectivity index (χ0) is 19.4. The Morgan fingerprint density at radius 1 is 1.26 bits per heavy atom. The third kappa shape index (κ3) is 4.61. The lowest BCUT2D eigenvalue weighted by Gasteiger charge is -2.17. The Labute approximate surface area is 157 Å². The lowest BCUT2D eigenvalue weighted by atomic mass is 10.2. The summed E-state index contributed by atoms with van der Waals surface area (Å²) in [6.45, 7) is 0.411. The van der Waals surface area contributed by atoms with Crippen LogP contribution in [0, 0.1) is 10.1 Å². The van der Waals surface area contributed by atoms with Crippen LogP contribution in [0.1, 0.15) is 6.42 Å². The van der Waals surface area contributed by atoms with Crippen LogP contribution in [0.5, 0.6) is 0 Å². The predicted octanol–water partition coefficient (Wildman–Crippen LogP) is 4.53. The van der Waals surface area contributed by atoms with Gasteiger partial charge in [0.15, 0.2) is 0 Å². The molecule has 2 aromatic carbocycles. The molecule has 0 atom stereocenters. The number of azo groups is 1. The Balaban J connectivity index is 1.71. The van der Waals surface area contributed by atoms with E-state index in [-0.39, 0.29) is 12.1 Å². The van der Waals surface area contributed by atoms with Crippen LogP contribution in [0.25, 0.3) is 10.2 Å². The van der Waals surface area contributed by atoms with Crippen molar-refractivity contribution in [3.63, 3.8) is 0 Å². The number of fused-ring (bicyclic) bond motifs is 1. The number of hydrogen-bond acceptors (Lipinski definition) is 8. The van der Waals surface area contributed by atoms with Gasteiger partial charge in [-0.3, -0.25) is 14.9 Å². The first-order chi connectivity index (χ1) is 12.9. The molecule has 0 aliphatic carbocycles. The van der Waals surface area contributed by atoms with Gasteiger partial charge in [-0.15, -0.1) is 10.2 Å². The molecule has 138 valence electrons. The third-order valence-corrected chi connectivity index (χ3v) is 4.68. The van der Waals surface area contributed by atoms with Gasteiger partial charge in [0.25, 0.3) is 5.69 Å². The molecule has 0 saturated heterocycles. The van der Waals surface area contributed by atoms with E-state index >= 15 is 0 Å². The number of nitrogens with zero attached hydrogens (tertiary/aromatic N) is 5. The van der Waals surface area contributed by atoms with Gasteiger partial charge in [-0.1, -0.05) is 11.3 Å². The minimum Gasteiger partial charge on any atom is -0.481 e. The number of carboxylic acids is 1. The number of rotatable bonds is 7. The van der Waals surface area contributed by atoms with Crippen molar-refractivity contribution in [2.75, 3.05) is 18.5 Å². The van der Waals surface area contributed by atoms with E-state index in [1.165, 1.54) is 23.5 Å². The molecule has 1 N–H and O–H groups in total. The van der Waals surface area contributed by atoms with Crippen LogP contribution in [0.15, 0.2) is 52.7 Å². The molecule has 0 fully saturated rings. The third-order valence-electron chi connectivity index (χ3n) is 3.77. The molecule has 0 aliphatic rings. The van der Waals surface area contributed by atoms with Gasteiger partial charge in [0.1, 0.15) is 0 Å². The van der Waals surface area contributed by atoms with Crippen LogP contribution in [-0.2, 0) is 4.79 Å². The van der Waals surface area contributed by atoms with Crippen molar-refractivity contribution in [1.29, 1.82) is 0 Å². The molecular weight excluding hydrogens is 370 g/mol. The highest BCUT2D eigenvalue weighted by Gasteiger charge is 2.10. The first-order valence-corrected chi connectivity index (χ1v) is 8.74. The Morgan fingerprint density at radius 2 is 2.00 bits per heavy atom. The molecule has 0 aliphatic heterocycles. The van der Waals surface area contributed by atoms with Crippen molar-refractivity contribution in [1.82, 2.24) is 4.98 Å². The second-order valence-corrected chi connectivity index (χ2v) is 6.70. The highest BCUT2D eigenvalue weighted by molar-refractivity contribution is 7.21. The molecule has 0 unspecified atom stereocenters. The molecule has 0 radical (unpaired) electrons. The maximum absolute atomic E-state index is 10.8. The number of anilines is 1. The summed E-state index contributed by atoms with van der Waals surface area (Å²) >= 11 is 1.23. The summed E-state index contributed by atoms with van der Waals surface area (Å²) in [5.41, 5.74) is 2.14. The Bertz CT molecular complexity index is 1020. The highest BCUT2D eigenvalue weighted by Crippen LogP contribution is 2.32. The average Bonchev–Trinajstić information content (AvgIpc) is 3.06. The van der Waals surface area contributed by atoms with E-state index in [0.29, 0.717) is 27.6 Å². The van der Waals surface area contributed by atoms with Gasteiger partial charge >= 0.3 is 5.97 Å². The maximum atomic E-state index is 10.8. The summed E-state index contributed by atoms with van der Waals surface area (Å²) in [6.07, 6.45) is 0.0632. The summed E-state index contributed by atoms with van der Waals surface area (Å²) in [4.78, 5) is 27.1. The molecule has 10 heteroatoms. The van der Waals surface area contributed by atoms with Gasteiger partial charge in [-0.05, 0) is 30.3 Å². The van der Waals surface area contributed by atoms with Gasteiger partial charge in [0, 0.05) is 31.4 Å².